The third-order valence-electron chi connectivity index (χ3n) is 8.71. The van der Waals surface area contributed by atoms with Crippen molar-refractivity contribution in [3.05, 3.63) is 85.0 Å². The molecule has 12 heteroatoms. The number of aromatic nitrogens is 6. The zero-order chi connectivity index (χ0) is 30.8. The maximum absolute atomic E-state index is 13.5. The first-order chi connectivity index (χ1) is 22.0. The molecule has 12 nitrogen and oxygen atoms in total. The largest absolute Gasteiger partial charge is 0.367 e. The van der Waals surface area contributed by atoms with Gasteiger partial charge in [0.25, 0.3) is 5.91 Å². The second-order valence-corrected chi connectivity index (χ2v) is 11.4. The van der Waals surface area contributed by atoms with E-state index < -0.39 is 5.60 Å². The van der Waals surface area contributed by atoms with E-state index >= 15 is 0 Å². The van der Waals surface area contributed by atoms with Crippen LogP contribution in [0.5, 0.6) is 0 Å². The minimum absolute atomic E-state index is 0.0476. The van der Waals surface area contributed by atoms with Crippen LogP contribution in [0.15, 0.2) is 79.4 Å². The lowest BCUT2D eigenvalue weighted by Gasteiger charge is -2.30. The zero-order valence-corrected chi connectivity index (χ0v) is 24.9. The number of nitrogens with zero attached hydrogens (tertiary/aromatic N) is 6. The van der Waals surface area contributed by atoms with Crippen molar-refractivity contribution in [2.75, 3.05) is 45.2 Å². The van der Waals surface area contributed by atoms with Gasteiger partial charge >= 0.3 is 0 Å². The molecule has 2 amide bonds. The van der Waals surface area contributed by atoms with Crippen molar-refractivity contribution in [2.45, 2.75) is 18.4 Å². The number of carbonyl (C=O) groups is 2. The molecule has 0 aliphatic carbocycles. The van der Waals surface area contributed by atoms with Crippen molar-refractivity contribution in [2.24, 2.45) is 0 Å². The highest BCUT2D eigenvalue weighted by molar-refractivity contribution is 6.01. The fraction of sp³-hybridized carbons (Fsp3) is 0.273. The van der Waals surface area contributed by atoms with Crippen molar-refractivity contribution >= 4 is 34.0 Å². The van der Waals surface area contributed by atoms with E-state index in [0.717, 1.165) is 39.7 Å². The van der Waals surface area contributed by atoms with Crippen molar-refractivity contribution in [1.82, 2.24) is 40.2 Å². The van der Waals surface area contributed by atoms with Crippen LogP contribution in [0.2, 0.25) is 0 Å². The molecule has 2 aliphatic heterocycles. The van der Waals surface area contributed by atoms with Crippen molar-refractivity contribution in [3.63, 3.8) is 0 Å². The Morgan fingerprint density at radius 2 is 1.87 bits per heavy atom. The summed E-state index contributed by atoms with van der Waals surface area (Å²) in [7, 11) is 1.55. The first kappa shape index (κ1) is 28.6. The summed E-state index contributed by atoms with van der Waals surface area (Å²) in [5.41, 5.74) is 5.38. The molecule has 1 saturated heterocycles. The Bertz CT molecular complexity index is 1850. The highest BCUT2D eigenvalue weighted by atomic mass is 16.5. The molecule has 1 fully saturated rings. The van der Waals surface area contributed by atoms with Crippen LogP contribution in [0.3, 0.4) is 0 Å². The van der Waals surface area contributed by atoms with E-state index in [1.165, 1.54) is 5.57 Å². The molecule has 3 N–H and O–H groups in total. The first-order valence-corrected chi connectivity index (χ1v) is 14.9. The Kier molecular flexibility index (Phi) is 7.66. The lowest BCUT2D eigenvalue weighted by Crippen LogP contribution is -2.48. The maximum Gasteiger partial charge on any atom is 0.258 e. The van der Waals surface area contributed by atoms with Crippen LogP contribution in [0.25, 0.3) is 39.1 Å². The van der Waals surface area contributed by atoms with Crippen molar-refractivity contribution < 1.29 is 14.3 Å². The van der Waals surface area contributed by atoms with Crippen molar-refractivity contribution in [1.29, 1.82) is 0 Å². The molecule has 2 aliphatic rings. The summed E-state index contributed by atoms with van der Waals surface area (Å²) < 4.78 is 5.82. The Hall–Kier alpha value is -5.20. The van der Waals surface area contributed by atoms with Gasteiger partial charge in [-0.15, -0.1) is 0 Å². The quantitative estimate of drug-likeness (QED) is 0.243. The fourth-order valence-electron chi connectivity index (χ4n) is 6.11. The normalized spacial score (nSPS) is 18.7. The minimum Gasteiger partial charge on any atom is -0.367 e. The average molecular weight is 604 g/mol. The van der Waals surface area contributed by atoms with Gasteiger partial charge in [0.2, 0.25) is 5.91 Å². The maximum atomic E-state index is 13.5. The second-order valence-electron chi connectivity index (χ2n) is 11.4. The summed E-state index contributed by atoms with van der Waals surface area (Å²) in [5, 5.41) is 18.1. The number of anilines is 1. The summed E-state index contributed by atoms with van der Waals surface area (Å²) in [5.74, 6) is 0.514. The molecule has 0 radical (unpaired) electrons. The number of amides is 2. The zero-order valence-electron chi connectivity index (χ0n) is 24.9. The molecule has 0 bridgehead atoms. The first-order valence-electron chi connectivity index (χ1n) is 14.9. The van der Waals surface area contributed by atoms with Crippen LogP contribution in [0.4, 0.5) is 5.69 Å². The van der Waals surface area contributed by atoms with E-state index in [0.29, 0.717) is 44.1 Å². The van der Waals surface area contributed by atoms with Crippen LogP contribution in [-0.4, -0.2) is 97.4 Å². The smallest absolute Gasteiger partial charge is 0.258 e. The molecule has 7 rings (SSSR count). The number of hydrogen-bond acceptors (Lipinski definition) is 8. The SMILES string of the molecule is CO[C@@]1(C(=O)Nc2ccc3[nH]nc(-c4cn[nH]c4)c3c2)CCN(CC(=O)N2CC=C(c3ccc(-c4ncccn4)cc3)CC2)C1. The summed E-state index contributed by atoms with van der Waals surface area (Å²) in [6.45, 7) is 2.36. The van der Waals surface area contributed by atoms with E-state index in [9.17, 15) is 9.59 Å². The fourth-order valence-corrected chi connectivity index (χ4v) is 6.11. The van der Waals surface area contributed by atoms with Gasteiger partial charge in [0.05, 0.1) is 18.3 Å². The van der Waals surface area contributed by atoms with E-state index in [1.807, 2.05) is 40.1 Å². The highest BCUT2D eigenvalue weighted by Gasteiger charge is 2.45. The third-order valence-corrected chi connectivity index (χ3v) is 8.71. The number of ether oxygens (including phenoxy) is 1. The van der Waals surface area contributed by atoms with Crippen LogP contribution in [0.1, 0.15) is 18.4 Å². The predicted octanol–water partition coefficient (Wildman–Crippen LogP) is 3.76. The van der Waals surface area contributed by atoms with Gasteiger partial charge in [-0.1, -0.05) is 30.3 Å². The Labute approximate surface area is 259 Å². The van der Waals surface area contributed by atoms with E-state index in [4.69, 9.17) is 4.74 Å². The van der Waals surface area contributed by atoms with Gasteiger partial charge in [0.1, 0.15) is 5.69 Å². The summed E-state index contributed by atoms with van der Waals surface area (Å²) in [6, 6.07) is 15.6. The van der Waals surface area contributed by atoms with Gasteiger partial charge in [0.15, 0.2) is 11.4 Å². The molecular formula is C33H33N9O3. The Morgan fingerprint density at radius 3 is 2.60 bits per heavy atom. The number of rotatable bonds is 8. The van der Waals surface area contributed by atoms with E-state index in [-0.39, 0.29) is 18.4 Å². The number of methoxy groups -OCH3 is 1. The third kappa shape index (κ3) is 5.73. The molecule has 0 saturated carbocycles. The molecular weight excluding hydrogens is 570 g/mol. The molecule has 1 atom stereocenters. The number of fused-ring (bicyclic) bond motifs is 1. The van der Waals surface area contributed by atoms with E-state index in [1.54, 1.807) is 38.0 Å². The molecule has 3 aromatic heterocycles. The predicted molar refractivity (Wildman–Crippen MR) is 170 cm³/mol. The van der Waals surface area contributed by atoms with Crippen LogP contribution < -0.4 is 5.32 Å². The monoisotopic (exact) mass is 603 g/mol. The Morgan fingerprint density at radius 1 is 1.04 bits per heavy atom. The van der Waals surface area contributed by atoms with Gasteiger partial charge in [-0.3, -0.25) is 24.7 Å². The molecule has 0 spiro atoms. The number of likely N-dealkylation sites (tertiary alicyclic amines) is 1. The lowest BCUT2D eigenvalue weighted by atomic mass is 9.98. The van der Waals surface area contributed by atoms with Crippen LogP contribution in [-0.2, 0) is 14.3 Å². The summed E-state index contributed by atoms with van der Waals surface area (Å²) >= 11 is 0. The summed E-state index contributed by atoms with van der Waals surface area (Å²) in [4.78, 5) is 39.3. The van der Waals surface area contributed by atoms with Crippen LogP contribution >= 0.6 is 0 Å². The molecule has 5 heterocycles. The van der Waals surface area contributed by atoms with E-state index in [2.05, 4.69) is 53.9 Å². The van der Waals surface area contributed by atoms with Gasteiger partial charge in [0, 0.05) is 74.1 Å². The second kappa shape index (κ2) is 12.1. The molecule has 5 aromatic rings. The topological polar surface area (TPSA) is 145 Å². The van der Waals surface area contributed by atoms with Gasteiger partial charge in [-0.2, -0.15) is 10.2 Å². The molecule has 2 aromatic carbocycles. The number of carbonyl (C=O) groups excluding carboxylic acids is 2. The lowest BCUT2D eigenvalue weighted by molar-refractivity contribution is -0.138. The molecule has 45 heavy (non-hydrogen) atoms. The van der Waals surface area contributed by atoms with Gasteiger partial charge in [-0.25, -0.2) is 9.97 Å². The summed E-state index contributed by atoms with van der Waals surface area (Å²) in [6.07, 6.45) is 10.3. The number of nitrogens with one attached hydrogen (secondary N) is 3. The highest BCUT2D eigenvalue weighted by Crippen LogP contribution is 2.31. The van der Waals surface area contributed by atoms with Gasteiger partial charge < -0.3 is 15.0 Å². The Balaban J connectivity index is 0.956. The van der Waals surface area contributed by atoms with Gasteiger partial charge in [-0.05, 0) is 48.2 Å². The standard InChI is InChI=1S/C33H33N9O3/c1-45-33(32(44)38-26-7-8-28-27(17-26)30(40-39-28)25-18-36-37-19-25)11-16-41(21-33)20-29(43)42-14-9-23(10-15-42)22-3-5-24(6-4-22)31-34-12-2-13-35-31/h2-9,12-13,17-19H,10-11,14-16,20-21H2,1H3,(H,36,37)(H,38,44)(H,39,40)/t33-/m0/s1. The number of H-pyrrole nitrogens is 2. The molecule has 228 valence electrons. The van der Waals surface area contributed by atoms with Crippen LogP contribution in [0, 0.1) is 0 Å². The number of benzene rings is 2. The minimum atomic E-state index is -1.05. The molecule has 0 unspecified atom stereocenters. The average Bonchev–Trinajstić information content (AvgIpc) is 3.86. The van der Waals surface area contributed by atoms with Crippen molar-refractivity contribution in [3.8, 4) is 22.6 Å². The number of hydrogen-bond donors (Lipinski definition) is 3. The number of aromatic amines is 2.